The average Bonchev–Trinajstić information content (AvgIpc) is 2.88. The highest BCUT2D eigenvalue weighted by molar-refractivity contribution is 7.80. The van der Waals surface area contributed by atoms with E-state index in [0.29, 0.717) is 6.04 Å². The van der Waals surface area contributed by atoms with Crippen molar-refractivity contribution in [2.24, 2.45) is 7.05 Å². The molecule has 1 saturated carbocycles. The summed E-state index contributed by atoms with van der Waals surface area (Å²) < 4.78 is 1.95. The topological polar surface area (TPSA) is 36.3 Å². The minimum Gasteiger partial charge on any atom is -0.360 e. The van der Waals surface area contributed by atoms with Crippen molar-refractivity contribution in [2.45, 2.75) is 51.6 Å². The van der Waals surface area contributed by atoms with E-state index in [2.05, 4.69) is 27.1 Å². The van der Waals surface area contributed by atoms with Crippen LogP contribution in [0.3, 0.4) is 0 Å². The average molecular weight is 336 g/mol. The fourth-order valence-corrected chi connectivity index (χ4v) is 3.91. The standard InChI is InChI=1S/C17H29N5S/c1-14-15(12-18-20(14)2)13-21-8-10-22(11-9-21)17(23)19-16-6-4-3-5-7-16/h12,16H,3-11,13H2,1-2H3,(H,19,23). The normalized spacial score (nSPS) is 20.7. The van der Waals surface area contributed by atoms with Gasteiger partial charge in [-0.3, -0.25) is 9.58 Å². The molecular weight excluding hydrogens is 306 g/mol. The Morgan fingerprint density at radius 2 is 1.91 bits per heavy atom. The van der Waals surface area contributed by atoms with Gasteiger partial charge in [-0.15, -0.1) is 0 Å². The van der Waals surface area contributed by atoms with Gasteiger partial charge in [-0.2, -0.15) is 5.10 Å². The van der Waals surface area contributed by atoms with Crippen LogP contribution in [0.5, 0.6) is 0 Å². The van der Waals surface area contributed by atoms with E-state index >= 15 is 0 Å². The Bertz CT molecular complexity index is 527. The molecule has 0 spiro atoms. The van der Waals surface area contributed by atoms with Crippen LogP contribution in [-0.2, 0) is 13.6 Å². The number of hydrogen-bond donors (Lipinski definition) is 1. The van der Waals surface area contributed by atoms with Crippen LogP contribution in [0, 0.1) is 6.92 Å². The minimum atomic E-state index is 0.604. The van der Waals surface area contributed by atoms with E-state index in [1.807, 2.05) is 17.9 Å². The van der Waals surface area contributed by atoms with Gasteiger partial charge in [0.25, 0.3) is 0 Å². The van der Waals surface area contributed by atoms with E-state index in [-0.39, 0.29) is 0 Å². The quantitative estimate of drug-likeness (QED) is 0.856. The van der Waals surface area contributed by atoms with Crippen LogP contribution < -0.4 is 5.32 Å². The summed E-state index contributed by atoms with van der Waals surface area (Å²) in [6.07, 6.45) is 8.63. The number of aryl methyl sites for hydroxylation is 1. The first-order valence-electron chi connectivity index (χ1n) is 8.89. The summed E-state index contributed by atoms with van der Waals surface area (Å²) in [5, 5.41) is 8.90. The van der Waals surface area contributed by atoms with Gasteiger partial charge in [-0.1, -0.05) is 19.3 Å². The zero-order chi connectivity index (χ0) is 16.2. The van der Waals surface area contributed by atoms with Crippen molar-refractivity contribution in [3.8, 4) is 0 Å². The zero-order valence-corrected chi connectivity index (χ0v) is 15.2. The number of hydrogen-bond acceptors (Lipinski definition) is 3. The summed E-state index contributed by atoms with van der Waals surface area (Å²) in [6.45, 7) is 7.33. The van der Waals surface area contributed by atoms with Crippen molar-refractivity contribution in [1.29, 1.82) is 0 Å². The van der Waals surface area contributed by atoms with Crippen molar-refractivity contribution >= 4 is 17.3 Å². The molecule has 1 aliphatic carbocycles. The number of aromatic nitrogens is 2. The van der Waals surface area contributed by atoms with Crippen LogP contribution in [0.25, 0.3) is 0 Å². The Hall–Kier alpha value is -1.14. The first-order chi connectivity index (χ1) is 11.1. The van der Waals surface area contributed by atoms with E-state index < -0.39 is 0 Å². The van der Waals surface area contributed by atoms with E-state index in [4.69, 9.17) is 12.2 Å². The van der Waals surface area contributed by atoms with Gasteiger partial charge in [0, 0.05) is 57.1 Å². The van der Waals surface area contributed by atoms with Crippen LogP contribution in [0.2, 0.25) is 0 Å². The number of nitrogens with one attached hydrogen (secondary N) is 1. The van der Waals surface area contributed by atoms with Crippen molar-refractivity contribution < 1.29 is 0 Å². The molecule has 0 amide bonds. The molecule has 1 aromatic heterocycles. The first-order valence-corrected chi connectivity index (χ1v) is 9.29. The number of piperazine rings is 1. The predicted molar refractivity (Wildman–Crippen MR) is 97.4 cm³/mol. The third-order valence-corrected chi connectivity index (χ3v) is 5.70. The Labute approximate surface area is 145 Å². The lowest BCUT2D eigenvalue weighted by Crippen LogP contribution is -2.53. The molecule has 1 aliphatic heterocycles. The molecule has 1 saturated heterocycles. The van der Waals surface area contributed by atoms with Crippen LogP contribution in [-0.4, -0.2) is 56.9 Å². The molecule has 3 rings (SSSR count). The maximum absolute atomic E-state index is 5.63. The summed E-state index contributed by atoms with van der Waals surface area (Å²) in [6, 6.07) is 0.604. The van der Waals surface area contributed by atoms with Gasteiger partial charge in [0.1, 0.15) is 0 Å². The highest BCUT2D eigenvalue weighted by atomic mass is 32.1. The summed E-state index contributed by atoms with van der Waals surface area (Å²) >= 11 is 5.63. The highest BCUT2D eigenvalue weighted by Gasteiger charge is 2.22. The molecule has 128 valence electrons. The summed E-state index contributed by atoms with van der Waals surface area (Å²) in [5.41, 5.74) is 2.60. The maximum Gasteiger partial charge on any atom is 0.169 e. The summed E-state index contributed by atoms with van der Waals surface area (Å²) in [4.78, 5) is 4.85. The SMILES string of the molecule is Cc1c(CN2CCN(C(=S)NC3CCCCC3)CC2)cnn1C. The smallest absolute Gasteiger partial charge is 0.169 e. The molecule has 0 unspecified atom stereocenters. The van der Waals surface area contributed by atoms with Gasteiger partial charge >= 0.3 is 0 Å². The van der Waals surface area contributed by atoms with Gasteiger partial charge in [0.2, 0.25) is 0 Å². The minimum absolute atomic E-state index is 0.604. The monoisotopic (exact) mass is 335 g/mol. The summed E-state index contributed by atoms with van der Waals surface area (Å²) in [5.74, 6) is 0. The summed E-state index contributed by atoms with van der Waals surface area (Å²) in [7, 11) is 2.01. The van der Waals surface area contributed by atoms with Crippen molar-refractivity contribution in [3.05, 3.63) is 17.5 Å². The largest absolute Gasteiger partial charge is 0.360 e. The van der Waals surface area contributed by atoms with E-state index in [1.54, 1.807) is 0 Å². The van der Waals surface area contributed by atoms with E-state index in [1.165, 1.54) is 43.4 Å². The number of rotatable bonds is 3. The second kappa shape index (κ2) is 7.62. The maximum atomic E-state index is 5.63. The molecule has 2 fully saturated rings. The fourth-order valence-electron chi connectivity index (χ4n) is 3.56. The second-order valence-electron chi connectivity index (χ2n) is 6.93. The van der Waals surface area contributed by atoms with E-state index in [0.717, 1.165) is 37.8 Å². The van der Waals surface area contributed by atoms with Crippen LogP contribution in [0.15, 0.2) is 6.20 Å². The van der Waals surface area contributed by atoms with Gasteiger partial charge in [-0.05, 0) is 32.0 Å². The molecule has 0 radical (unpaired) electrons. The molecule has 2 aliphatic rings. The molecule has 1 aromatic rings. The lowest BCUT2D eigenvalue weighted by Gasteiger charge is -2.37. The molecule has 0 bridgehead atoms. The molecule has 6 heteroatoms. The third-order valence-electron chi connectivity index (χ3n) is 5.32. The molecule has 23 heavy (non-hydrogen) atoms. The Kier molecular flexibility index (Phi) is 5.54. The zero-order valence-electron chi connectivity index (χ0n) is 14.4. The van der Waals surface area contributed by atoms with Crippen molar-refractivity contribution in [3.63, 3.8) is 0 Å². The van der Waals surface area contributed by atoms with Gasteiger partial charge in [0.05, 0.1) is 6.20 Å². The third kappa shape index (κ3) is 4.23. The van der Waals surface area contributed by atoms with Crippen LogP contribution in [0.4, 0.5) is 0 Å². The van der Waals surface area contributed by atoms with Crippen molar-refractivity contribution in [2.75, 3.05) is 26.2 Å². The Morgan fingerprint density at radius 3 is 2.52 bits per heavy atom. The molecule has 0 aromatic carbocycles. The van der Waals surface area contributed by atoms with Crippen LogP contribution in [0.1, 0.15) is 43.4 Å². The number of thiocarbonyl (C=S) groups is 1. The first kappa shape index (κ1) is 16.7. The molecule has 0 atom stereocenters. The number of nitrogens with zero attached hydrogens (tertiary/aromatic N) is 4. The van der Waals surface area contributed by atoms with Gasteiger partial charge < -0.3 is 10.2 Å². The lowest BCUT2D eigenvalue weighted by atomic mass is 9.96. The molecular formula is C17H29N5S. The predicted octanol–water partition coefficient (Wildman–Crippen LogP) is 2.05. The fraction of sp³-hybridized carbons (Fsp3) is 0.765. The Morgan fingerprint density at radius 1 is 1.22 bits per heavy atom. The molecule has 5 nitrogen and oxygen atoms in total. The molecule has 1 N–H and O–H groups in total. The lowest BCUT2D eigenvalue weighted by molar-refractivity contribution is 0.173. The van der Waals surface area contributed by atoms with Gasteiger partial charge in [0.15, 0.2) is 5.11 Å². The van der Waals surface area contributed by atoms with Gasteiger partial charge in [-0.25, -0.2) is 0 Å². The second-order valence-corrected chi connectivity index (χ2v) is 7.31. The highest BCUT2D eigenvalue weighted by Crippen LogP contribution is 2.18. The Balaban J connectivity index is 1.44. The van der Waals surface area contributed by atoms with Crippen LogP contribution >= 0.6 is 12.2 Å². The van der Waals surface area contributed by atoms with Crippen molar-refractivity contribution in [1.82, 2.24) is 24.9 Å². The molecule has 2 heterocycles. The van der Waals surface area contributed by atoms with E-state index in [9.17, 15) is 0 Å².